The molecule has 0 saturated heterocycles. The van der Waals surface area contributed by atoms with Crippen molar-refractivity contribution in [2.24, 2.45) is 0 Å². The summed E-state index contributed by atoms with van der Waals surface area (Å²) in [5, 5.41) is 5.90. The molecule has 0 aliphatic carbocycles. The highest BCUT2D eigenvalue weighted by atomic mass is 16.5. The van der Waals surface area contributed by atoms with Gasteiger partial charge in [-0.3, -0.25) is 4.79 Å². The van der Waals surface area contributed by atoms with E-state index in [1.54, 1.807) is 12.1 Å². The van der Waals surface area contributed by atoms with Crippen LogP contribution in [0.2, 0.25) is 0 Å². The number of carbonyl (C=O) groups excluding carboxylic acids is 1. The molecule has 1 aromatic rings. The van der Waals surface area contributed by atoms with Crippen LogP contribution in [0, 0.1) is 0 Å². The van der Waals surface area contributed by atoms with Gasteiger partial charge in [-0.05, 0) is 45.1 Å². The van der Waals surface area contributed by atoms with Crippen molar-refractivity contribution in [3.8, 4) is 5.75 Å². The molecule has 0 heterocycles. The van der Waals surface area contributed by atoms with Crippen LogP contribution in [0.15, 0.2) is 24.3 Å². The van der Waals surface area contributed by atoms with Crippen LogP contribution < -0.4 is 15.4 Å². The fourth-order valence-electron chi connectivity index (χ4n) is 1.46. The molecular weight excluding hydrogens is 216 g/mol. The van der Waals surface area contributed by atoms with E-state index in [1.165, 1.54) is 0 Å². The van der Waals surface area contributed by atoms with Gasteiger partial charge < -0.3 is 15.4 Å². The molecule has 4 nitrogen and oxygen atoms in total. The van der Waals surface area contributed by atoms with Gasteiger partial charge in [-0.15, -0.1) is 0 Å². The van der Waals surface area contributed by atoms with E-state index in [0.29, 0.717) is 18.7 Å². The number of amides is 1. The molecule has 94 valence electrons. The third-order valence-corrected chi connectivity index (χ3v) is 2.30. The lowest BCUT2D eigenvalue weighted by Crippen LogP contribution is -2.26. The Morgan fingerprint density at radius 3 is 2.88 bits per heavy atom. The maximum Gasteiger partial charge on any atom is 0.251 e. The fraction of sp³-hybridized carbons (Fsp3) is 0.462. The average Bonchev–Trinajstić information content (AvgIpc) is 2.35. The first-order chi connectivity index (χ1) is 8.27. The van der Waals surface area contributed by atoms with E-state index in [2.05, 4.69) is 10.6 Å². The van der Waals surface area contributed by atoms with Crippen LogP contribution in [0.5, 0.6) is 5.75 Å². The zero-order valence-corrected chi connectivity index (χ0v) is 10.5. The average molecular weight is 236 g/mol. The van der Waals surface area contributed by atoms with Crippen molar-refractivity contribution in [3.05, 3.63) is 29.8 Å². The maximum atomic E-state index is 11.8. The number of nitrogens with one attached hydrogen (secondary N) is 2. The minimum Gasteiger partial charge on any atom is -0.494 e. The number of rotatable bonds is 7. The fourth-order valence-corrected chi connectivity index (χ4v) is 1.46. The van der Waals surface area contributed by atoms with Crippen LogP contribution in [0.3, 0.4) is 0 Å². The van der Waals surface area contributed by atoms with Crippen molar-refractivity contribution < 1.29 is 9.53 Å². The van der Waals surface area contributed by atoms with Crippen molar-refractivity contribution >= 4 is 5.91 Å². The number of carbonyl (C=O) groups is 1. The molecule has 0 fully saturated rings. The van der Waals surface area contributed by atoms with Gasteiger partial charge in [-0.1, -0.05) is 6.07 Å². The Hall–Kier alpha value is -1.55. The molecule has 0 bridgehead atoms. The monoisotopic (exact) mass is 236 g/mol. The van der Waals surface area contributed by atoms with Crippen LogP contribution in [0.4, 0.5) is 0 Å². The Morgan fingerprint density at radius 1 is 1.35 bits per heavy atom. The minimum absolute atomic E-state index is 0.0531. The summed E-state index contributed by atoms with van der Waals surface area (Å²) in [4.78, 5) is 11.8. The quantitative estimate of drug-likeness (QED) is 0.704. The first kappa shape index (κ1) is 13.5. The Balaban J connectivity index is 2.47. The third-order valence-electron chi connectivity index (χ3n) is 2.30. The highest BCUT2D eigenvalue weighted by Crippen LogP contribution is 2.12. The van der Waals surface area contributed by atoms with Crippen LogP contribution in [0.1, 0.15) is 23.7 Å². The van der Waals surface area contributed by atoms with Gasteiger partial charge in [0.2, 0.25) is 0 Å². The van der Waals surface area contributed by atoms with Gasteiger partial charge in [0.15, 0.2) is 0 Å². The third kappa shape index (κ3) is 4.87. The molecule has 17 heavy (non-hydrogen) atoms. The molecule has 0 aromatic heterocycles. The predicted molar refractivity (Wildman–Crippen MR) is 68.5 cm³/mol. The first-order valence-corrected chi connectivity index (χ1v) is 5.93. The first-order valence-electron chi connectivity index (χ1n) is 5.93. The smallest absolute Gasteiger partial charge is 0.251 e. The van der Waals surface area contributed by atoms with Crippen LogP contribution in [-0.2, 0) is 0 Å². The summed E-state index contributed by atoms with van der Waals surface area (Å²) in [7, 11) is 1.90. The number of ether oxygens (including phenoxy) is 1. The molecule has 0 aliphatic heterocycles. The van der Waals surface area contributed by atoms with Gasteiger partial charge in [-0.2, -0.15) is 0 Å². The lowest BCUT2D eigenvalue weighted by molar-refractivity contribution is 0.0953. The standard InChI is InChI=1S/C13H20N2O2/c1-3-17-12-7-4-6-11(10-12)13(16)15-9-5-8-14-2/h4,6-7,10,14H,3,5,8-9H2,1-2H3,(H,15,16). The molecule has 1 amide bonds. The maximum absolute atomic E-state index is 11.8. The van der Waals surface area contributed by atoms with E-state index in [0.717, 1.165) is 18.7 Å². The van der Waals surface area contributed by atoms with Crippen molar-refractivity contribution in [2.75, 3.05) is 26.7 Å². The SMILES string of the molecule is CCOc1cccc(C(=O)NCCCNC)c1. The van der Waals surface area contributed by atoms with Crippen molar-refractivity contribution in [3.63, 3.8) is 0 Å². The van der Waals surface area contributed by atoms with E-state index < -0.39 is 0 Å². The van der Waals surface area contributed by atoms with E-state index in [-0.39, 0.29) is 5.91 Å². The molecular formula is C13H20N2O2. The molecule has 1 rings (SSSR count). The highest BCUT2D eigenvalue weighted by molar-refractivity contribution is 5.94. The Bertz CT molecular complexity index is 353. The van der Waals surface area contributed by atoms with Gasteiger partial charge in [0.05, 0.1) is 6.61 Å². The summed E-state index contributed by atoms with van der Waals surface area (Å²) in [6.07, 6.45) is 0.924. The lowest BCUT2D eigenvalue weighted by Gasteiger charge is -2.07. The molecule has 2 N–H and O–H groups in total. The van der Waals surface area contributed by atoms with Crippen LogP contribution in [-0.4, -0.2) is 32.7 Å². The second-order valence-corrected chi connectivity index (χ2v) is 3.67. The van der Waals surface area contributed by atoms with Crippen molar-refractivity contribution in [2.45, 2.75) is 13.3 Å². The Morgan fingerprint density at radius 2 is 2.18 bits per heavy atom. The summed E-state index contributed by atoms with van der Waals surface area (Å²) >= 11 is 0. The second kappa shape index (κ2) is 7.68. The topological polar surface area (TPSA) is 50.4 Å². The zero-order valence-electron chi connectivity index (χ0n) is 10.5. The molecule has 0 spiro atoms. The van der Waals surface area contributed by atoms with Crippen LogP contribution >= 0.6 is 0 Å². The largest absolute Gasteiger partial charge is 0.494 e. The lowest BCUT2D eigenvalue weighted by atomic mass is 10.2. The van der Waals surface area contributed by atoms with E-state index in [1.807, 2.05) is 26.1 Å². The summed E-state index contributed by atoms with van der Waals surface area (Å²) in [6.45, 7) is 4.11. The molecule has 0 saturated carbocycles. The van der Waals surface area contributed by atoms with Gasteiger partial charge in [0, 0.05) is 12.1 Å². The van der Waals surface area contributed by atoms with Gasteiger partial charge in [0.25, 0.3) is 5.91 Å². The summed E-state index contributed by atoms with van der Waals surface area (Å²) in [5.41, 5.74) is 0.639. The van der Waals surface area contributed by atoms with Gasteiger partial charge >= 0.3 is 0 Å². The van der Waals surface area contributed by atoms with E-state index >= 15 is 0 Å². The molecule has 1 aromatic carbocycles. The summed E-state index contributed by atoms with van der Waals surface area (Å²) < 4.78 is 5.35. The number of benzene rings is 1. The van der Waals surface area contributed by atoms with Crippen LogP contribution in [0.25, 0.3) is 0 Å². The Labute approximate surface area is 102 Å². The molecule has 0 atom stereocenters. The summed E-state index contributed by atoms with van der Waals surface area (Å²) in [5.74, 6) is 0.679. The number of hydrogen-bond donors (Lipinski definition) is 2. The molecule has 4 heteroatoms. The highest BCUT2D eigenvalue weighted by Gasteiger charge is 2.05. The Kier molecular flexibility index (Phi) is 6.10. The normalized spacial score (nSPS) is 10.0. The molecule has 0 radical (unpaired) electrons. The second-order valence-electron chi connectivity index (χ2n) is 3.67. The minimum atomic E-state index is -0.0531. The van der Waals surface area contributed by atoms with Gasteiger partial charge in [-0.25, -0.2) is 0 Å². The molecule has 0 unspecified atom stereocenters. The van der Waals surface area contributed by atoms with E-state index in [4.69, 9.17) is 4.74 Å². The van der Waals surface area contributed by atoms with Crippen molar-refractivity contribution in [1.29, 1.82) is 0 Å². The van der Waals surface area contributed by atoms with E-state index in [9.17, 15) is 4.79 Å². The zero-order chi connectivity index (χ0) is 12.5. The molecule has 0 aliphatic rings. The van der Waals surface area contributed by atoms with Gasteiger partial charge in [0.1, 0.15) is 5.75 Å². The predicted octanol–water partition coefficient (Wildman–Crippen LogP) is 1.42. The van der Waals surface area contributed by atoms with Crippen molar-refractivity contribution in [1.82, 2.24) is 10.6 Å². The number of hydrogen-bond acceptors (Lipinski definition) is 3. The summed E-state index contributed by atoms with van der Waals surface area (Å²) in [6, 6.07) is 7.22.